The molecule has 8 heteroatoms. The van der Waals surface area contributed by atoms with Crippen LogP contribution in [0.3, 0.4) is 0 Å². The van der Waals surface area contributed by atoms with Crippen LogP contribution in [0.1, 0.15) is 39.7 Å². The standard InChI is InChI=1S/C25H25N3O4S/c1-16(29)26-17-7-5-8-18(15-17)27-24(30)22-19-9-3-4-10-20(19)25(31)28(12-13-32-2)23(22)21-11-6-14-33-21/h3-11,14-15,22-23H,12-13H2,1-2H3,(H,26,29)(H,27,30). The van der Waals surface area contributed by atoms with Gasteiger partial charge in [0.25, 0.3) is 5.91 Å². The molecule has 33 heavy (non-hydrogen) atoms. The van der Waals surface area contributed by atoms with E-state index in [1.165, 1.54) is 18.3 Å². The highest BCUT2D eigenvalue weighted by atomic mass is 32.1. The third-order valence-corrected chi connectivity index (χ3v) is 6.49. The summed E-state index contributed by atoms with van der Waals surface area (Å²) < 4.78 is 5.26. The molecule has 170 valence electrons. The fourth-order valence-electron chi connectivity index (χ4n) is 4.18. The molecule has 3 amide bonds. The van der Waals surface area contributed by atoms with E-state index in [9.17, 15) is 14.4 Å². The predicted molar refractivity (Wildman–Crippen MR) is 129 cm³/mol. The Morgan fingerprint density at radius 3 is 2.48 bits per heavy atom. The van der Waals surface area contributed by atoms with E-state index in [2.05, 4.69) is 10.6 Å². The summed E-state index contributed by atoms with van der Waals surface area (Å²) in [6, 6.07) is 17.7. The van der Waals surface area contributed by atoms with E-state index in [-0.39, 0.29) is 17.7 Å². The Balaban J connectivity index is 1.74. The summed E-state index contributed by atoms with van der Waals surface area (Å²) in [5.74, 6) is -1.14. The van der Waals surface area contributed by atoms with Crippen molar-refractivity contribution >= 4 is 40.4 Å². The molecule has 2 atom stereocenters. The molecule has 2 N–H and O–H groups in total. The molecule has 0 fully saturated rings. The molecule has 0 bridgehead atoms. The monoisotopic (exact) mass is 463 g/mol. The zero-order valence-corrected chi connectivity index (χ0v) is 19.2. The lowest BCUT2D eigenvalue weighted by atomic mass is 9.81. The van der Waals surface area contributed by atoms with Gasteiger partial charge in [0.1, 0.15) is 0 Å². The Hall–Kier alpha value is -3.49. The maximum absolute atomic E-state index is 13.7. The number of amides is 3. The van der Waals surface area contributed by atoms with E-state index < -0.39 is 12.0 Å². The van der Waals surface area contributed by atoms with Crippen LogP contribution in [0, 0.1) is 0 Å². The van der Waals surface area contributed by atoms with Crippen molar-refractivity contribution < 1.29 is 19.1 Å². The number of ether oxygens (including phenoxy) is 1. The van der Waals surface area contributed by atoms with Crippen LogP contribution < -0.4 is 10.6 Å². The number of nitrogens with zero attached hydrogens (tertiary/aromatic N) is 1. The Morgan fingerprint density at radius 2 is 1.79 bits per heavy atom. The summed E-state index contributed by atoms with van der Waals surface area (Å²) in [6.45, 7) is 2.17. The first kappa shape index (κ1) is 22.7. The average Bonchev–Trinajstić information content (AvgIpc) is 3.32. The van der Waals surface area contributed by atoms with Gasteiger partial charge in [-0.3, -0.25) is 14.4 Å². The number of methoxy groups -OCH3 is 1. The third kappa shape index (κ3) is 4.81. The first-order valence-electron chi connectivity index (χ1n) is 10.6. The van der Waals surface area contributed by atoms with Crippen LogP contribution in [-0.4, -0.2) is 42.9 Å². The highest BCUT2D eigenvalue weighted by Gasteiger charge is 2.44. The molecule has 0 radical (unpaired) electrons. The number of benzene rings is 2. The first-order valence-corrected chi connectivity index (χ1v) is 11.5. The Morgan fingerprint density at radius 1 is 1.03 bits per heavy atom. The molecule has 0 spiro atoms. The van der Waals surface area contributed by atoms with Crippen molar-refractivity contribution in [2.24, 2.45) is 0 Å². The Labute approximate surface area is 196 Å². The number of thiophene rings is 1. The largest absolute Gasteiger partial charge is 0.383 e. The van der Waals surface area contributed by atoms with E-state index >= 15 is 0 Å². The van der Waals surface area contributed by atoms with E-state index in [0.29, 0.717) is 35.7 Å². The summed E-state index contributed by atoms with van der Waals surface area (Å²) in [5, 5.41) is 7.67. The molecule has 1 aromatic heterocycles. The minimum atomic E-state index is -0.612. The van der Waals surface area contributed by atoms with Crippen LogP contribution in [-0.2, 0) is 14.3 Å². The second-order valence-electron chi connectivity index (χ2n) is 7.77. The van der Waals surface area contributed by atoms with Crippen LogP contribution in [0.4, 0.5) is 11.4 Å². The van der Waals surface area contributed by atoms with Crippen molar-refractivity contribution in [1.29, 1.82) is 0 Å². The second kappa shape index (κ2) is 9.97. The fraction of sp³-hybridized carbons (Fsp3) is 0.240. The van der Waals surface area contributed by atoms with Gasteiger partial charge in [0.15, 0.2) is 0 Å². The summed E-state index contributed by atoms with van der Waals surface area (Å²) in [4.78, 5) is 41.2. The second-order valence-corrected chi connectivity index (χ2v) is 8.75. The van der Waals surface area contributed by atoms with Gasteiger partial charge in [-0.1, -0.05) is 30.3 Å². The maximum Gasteiger partial charge on any atom is 0.254 e. The summed E-state index contributed by atoms with van der Waals surface area (Å²) in [7, 11) is 1.59. The van der Waals surface area contributed by atoms with Crippen LogP contribution in [0.2, 0.25) is 0 Å². The minimum absolute atomic E-state index is 0.113. The normalized spacial score (nSPS) is 17.4. The molecule has 0 aliphatic carbocycles. The van der Waals surface area contributed by atoms with Crippen LogP contribution in [0.5, 0.6) is 0 Å². The van der Waals surface area contributed by atoms with Gasteiger partial charge in [0.05, 0.1) is 18.6 Å². The summed E-state index contributed by atoms with van der Waals surface area (Å²) >= 11 is 1.52. The van der Waals surface area contributed by atoms with Crippen LogP contribution in [0.25, 0.3) is 0 Å². The van der Waals surface area contributed by atoms with Crippen molar-refractivity contribution in [2.45, 2.75) is 18.9 Å². The predicted octanol–water partition coefficient (Wildman–Crippen LogP) is 4.27. The van der Waals surface area contributed by atoms with Gasteiger partial charge in [-0.2, -0.15) is 0 Å². The zero-order chi connectivity index (χ0) is 23.4. The molecule has 2 heterocycles. The molecule has 2 aromatic carbocycles. The average molecular weight is 464 g/mol. The minimum Gasteiger partial charge on any atom is -0.383 e. The topological polar surface area (TPSA) is 87.7 Å². The van der Waals surface area contributed by atoms with Gasteiger partial charge >= 0.3 is 0 Å². The molecular weight excluding hydrogens is 438 g/mol. The molecule has 7 nitrogen and oxygen atoms in total. The van der Waals surface area contributed by atoms with Gasteiger partial charge in [0.2, 0.25) is 11.8 Å². The molecular formula is C25H25N3O4S. The lowest BCUT2D eigenvalue weighted by Gasteiger charge is -2.41. The molecule has 1 aliphatic rings. The van der Waals surface area contributed by atoms with Crippen molar-refractivity contribution in [3.63, 3.8) is 0 Å². The van der Waals surface area contributed by atoms with Gasteiger partial charge in [0, 0.05) is 42.4 Å². The van der Waals surface area contributed by atoms with Crippen molar-refractivity contribution in [3.05, 3.63) is 82.0 Å². The van der Waals surface area contributed by atoms with Crippen molar-refractivity contribution in [3.8, 4) is 0 Å². The number of hydrogen-bond acceptors (Lipinski definition) is 5. The van der Waals surface area contributed by atoms with E-state index in [4.69, 9.17) is 4.74 Å². The van der Waals surface area contributed by atoms with E-state index in [1.807, 2.05) is 35.7 Å². The van der Waals surface area contributed by atoms with Gasteiger partial charge in [-0.05, 0) is 41.3 Å². The molecule has 0 saturated heterocycles. The fourth-order valence-corrected chi connectivity index (χ4v) is 5.06. The molecule has 3 aromatic rings. The first-order chi connectivity index (χ1) is 16.0. The zero-order valence-electron chi connectivity index (χ0n) is 18.4. The summed E-state index contributed by atoms with van der Waals surface area (Å²) in [6.07, 6.45) is 0. The van der Waals surface area contributed by atoms with Crippen molar-refractivity contribution in [1.82, 2.24) is 4.90 Å². The van der Waals surface area contributed by atoms with E-state index in [1.54, 1.807) is 42.3 Å². The van der Waals surface area contributed by atoms with Crippen LogP contribution >= 0.6 is 11.3 Å². The van der Waals surface area contributed by atoms with Gasteiger partial charge in [-0.25, -0.2) is 0 Å². The quantitative estimate of drug-likeness (QED) is 0.548. The van der Waals surface area contributed by atoms with E-state index in [0.717, 1.165) is 4.88 Å². The maximum atomic E-state index is 13.7. The number of anilines is 2. The molecule has 2 unspecified atom stereocenters. The molecule has 0 saturated carbocycles. The number of hydrogen-bond donors (Lipinski definition) is 2. The Kier molecular flexibility index (Phi) is 6.86. The molecule has 1 aliphatic heterocycles. The number of rotatable bonds is 7. The SMILES string of the molecule is COCCN1C(=O)c2ccccc2C(C(=O)Nc2cccc(NC(C)=O)c2)C1c1cccs1. The number of nitrogens with one attached hydrogen (secondary N) is 2. The third-order valence-electron chi connectivity index (χ3n) is 5.54. The lowest BCUT2D eigenvalue weighted by Crippen LogP contribution is -2.47. The van der Waals surface area contributed by atoms with Crippen LogP contribution in [0.15, 0.2) is 66.0 Å². The number of carbonyl (C=O) groups is 3. The van der Waals surface area contributed by atoms with Gasteiger partial charge < -0.3 is 20.3 Å². The number of carbonyl (C=O) groups excluding carboxylic acids is 3. The summed E-state index contributed by atoms with van der Waals surface area (Å²) in [5.41, 5.74) is 2.38. The van der Waals surface area contributed by atoms with Crippen molar-refractivity contribution in [2.75, 3.05) is 30.9 Å². The number of fused-ring (bicyclic) bond motifs is 1. The highest BCUT2D eigenvalue weighted by molar-refractivity contribution is 7.10. The lowest BCUT2D eigenvalue weighted by molar-refractivity contribution is -0.119. The molecule has 4 rings (SSSR count). The smallest absolute Gasteiger partial charge is 0.254 e. The highest BCUT2D eigenvalue weighted by Crippen LogP contribution is 2.44. The Bertz CT molecular complexity index is 1160. The van der Waals surface area contributed by atoms with Gasteiger partial charge in [-0.15, -0.1) is 11.3 Å².